The Hall–Kier alpha value is -1.37. The third-order valence-electron chi connectivity index (χ3n) is 2.49. The highest BCUT2D eigenvalue weighted by atomic mass is 35.5. The molecule has 1 unspecified atom stereocenters. The van der Waals surface area contributed by atoms with E-state index in [9.17, 15) is 15.2 Å². The van der Waals surface area contributed by atoms with Crippen molar-refractivity contribution in [2.24, 2.45) is 0 Å². The minimum absolute atomic E-state index is 0.0248. The van der Waals surface area contributed by atoms with Gasteiger partial charge in [0, 0.05) is 18.3 Å². The zero-order valence-corrected chi connectivity index (χ0v) is 10.9. The number of nitrogens with one attached hydrogen (secondary N) is 1. The van der Waals surface area contributed by atoms with Crippen LogP contribution in [0.5, 0.6) is 0 Å². The molecule has 18 heavy (non-hydrogen) atoms. The molecule has 1 rings (SSSR count). The van der Waals surface area contributed by atoms with Crippen molar-refractivity contribution in [1.29, 1.82) is 0 Å². The van der Waals surface area contributed by atoms with Gasteiger partial charge in [-0.2, -0.15) is 0 Å². The number of halogens is 1. The minimum atomic E-state index is -1.26. The molecule has 0 saturated heterocycles. The first kappa shape index (κ1) is 14.7. The average Bonchev–Trinajstić information content (AvgIpc) is 2.29. The molecular weight excluding hydrogens is 260 g/mol. The van der Waals surface area contributed by atoms with Gasteiger partial charge in [-0.05, 0) is 25.5 Å². The van der Waals surface area contributed by atoms with E-state index in [1.54, 1.807) is 6.92 Å². The highest BCUT2D eigenvalue weighted by molar-refractivity contribution is 6.33. The summed E-state index contributed by atoms with van der Waals surface area (Å²) in [6.45, 7) is 2.89. The Morgan fingerprint density at radius 2 is 2.17 bits per heavy atom. The van der Waals surface area contributed by atoms with E-state index in [-0.39, 0.29) is 23.9 Å². The topological polar surface area (TPSA) is 95.6 Å². The molecule has 0 bridgehead atoms. The van der Waals surface area contributed by atoms with E-state index in [0.29, 0.717) is 11.3 Å². The highest BCUT2D eigenvalue weighted by Gasteiger charge is 2.20. The number of benzene rings is 1. The molecule has 0 saturated carbocycles. The average molecular weight is 275 g/mol. The summed E-state index contributed by atoms with van der Waals surface area (Å²) >= 11 is 5.79. The third-order valence-corrected chi connectivity index (χ3v) is 2.79. The Morgan fingerprint density at radius 3 is 2.67 bits per heavy atom. The van der Waals surface area contributed by atoms with Crippen LogP contribution in [0.3, 0.4) is 0 Å². The summed E-state index contributed by atoms with van der Waals surface area (Å²) in [4.78, 5) is 10.1. The van der Waals surface area contributed by atoms with Crippen molar-refractivity contribution in [3.8, 4) is 0 Å². The van der Waals surface area contributed by atoms with Crippen LogP contribution in [0, 0.1) is 17.0 Å². The van der Waals surface area contributed by atoms with Crippen LogP contribution in [0.15, 0.2) is 12.1 Å². The van der Waals surface area contributed by atoms with E-state index in [1.807, 2.05) is 0 Å². The largest absolute Gasteiger partial charge is 0.393 e. The molecule has 0 heterocycles. The lowest BCUT2D eigenvalue weighted by Crippen LogP contribution is -2.37. The van der Waals surface area contributed by atoms with Gasteiger partial charge in [0.15, 0.2) is 0 Å². The fraction of sp³-hybridized carbons (Fsp3) is 0.455. The fourth-order valence-corrected chi connectivity index (χ4v) is 1.57. The van der Waals surface area contributed by atoms with Crippen molar-refractivity contribution >= 4 is 23.0 Å². The van der Waals surface area contributed by atoms with E-state index in [1.165, 1.54) is 19.1 Å². The summed E-state index contributed by atoms with van der Waals surface area (Å²) in [5, 5.41) is 32.1. The molecule has 0 aromatic heterocycles. The Morgan fingerprint density at radius 1 is 1.56 bits per heavy atom. The standard InChI is InChI=1S/C11H15ClN2O4/c1-7-3-10(14(17)18)8(12)4-9(7)13-5-11(2,16)6-15/h3-4,13,15-16H,5-6H2,1-2H3. The number of aryl methyl sites for hydroxylation is 1. The highest BCUT2D eigenvalue weighted by Crippen LogP contribution is 2.30. The van der Waals surface area contributed by atoms with Gasteiger partial charge in [0.25, 0.3) is 5.69 Å². The number of hydrogen-bond donors (Lipinski definition) is 3. The second-order valence-electron chi connectivity index (χ2n) is 4.38. The summed E-state index contributed by atoms with van der Waals surface area (Å²) in [5.74, 6) is 0. The molecule has 1 aromatic rings. The predicted molar refractivity (Wildman–Crippen MR) is 69.0 cm³/mol. The Kier molecular flexibility index (Phi) is 4.50. The predicted octanol–water partition coefficient (Wildman–Crippen LogP) is 1.71. The van der Waals surface area contributed by atoms with E-state index >= 15 is 0 Å². The lowest BCUT2D eigenvalue weighted by molar-refractivity contribution is -0.384. The number of nitrogens with zero attached hydrogens (tertiary/aromatic N) is 1. The number of aliphatic hydroxyl groups excluding tert-OH is 1. The molecule has 0 aliphatic rings. The zero-order chi connectivity index (χ0) is 13.9. The van der Waals surface area contributed by atoms with Gasteiger partial charge in [-0.3, -0.25) is 10.1 Å². The molecule has 0 spiro atoms. The zero-order valence-electron chi connectivity index (χ0n) is 10.1. The maximum Gasteiger partial charge on any atom is 0.288 e. The monoisotopic (exact) mass is 274 g/mol. The van der Waals surface area contributed by atoms with Crippen LogP contribution in [-0.4, -0.2) is 33.9 Å². The third kappa shape index (κ3) is 3.56. The molecule has 0 aliphatic carbocycles. The first-order valence-electron chi connectivity index (χ1n) is 5.28. The summed E-state index contributed by atoms with van der Waals surface area (Å²) < 4.78 is 0. The van der Waals surface area contributed by atoms with Crippen LogP contribution in [0.25, 0.3) is 0 Å². The van der Waals surface area contributed by atoms with E-state index < -0.39 is 10.5 Å². The lowest BCUT2D eigenvalue weighted by atomic mass is 10.1. The molecule has 3 N–H and O–H groups in total. The van der Waals surface area contributed by atoms with Gasteiger partial charge in [-0.25, -0.2) is 0 Å². The lowest BCUT2D eigenvalue weighted by Gasteiger charge is -2.22. The van der Waals surface area contributed by atoms with Crippen LogP contribution >= 0.6 is 11.6 Å². The second kappa shape index (κ2) is 5.51. The molecule has 1 aromatic carbocycles. The smallest absolute Gasteiger partial charge is 0.288 e. The van der Waals surface area contributed by atoms with E-state index in [2.05, 4.69) is 5.32 Å². The van der Waals surface area contributed by atoms with Gasteiger partial charge in [0.1, 0.15) is 10.6 Å². The van der Waals surface area contributed by atoms with E-state index in [0.717, 1.165) is 0 Å². The molecule has 6 nitrogen and oxygen atoms in total. The normalized spacial score (nSPS) is 14.1. The van der Waals surface area contributed by atoms with Crippen LogP contribution in [0.4, 0.5) is 11.4 Å². The van der Waals surface area contributed by atoms with Crippen molar-refractivity contribution in [2.75, 3.05) is 18.5 Å². The molecule has 0 amide bonds. The number of anilines is 1. The van der Waals surface area contributed by atoms with Crippen molar-refractivity contribution in [2.45, 2.75) is 19.4 Å². The first-order valence-corrected chi connectivity index (χ1v) is 5.66. The van der Waals surface area contributed by atoms with Crippen LogP contribution in [-0.2, 0) is 0 Å². The molecule has 0 radical (unpaired) electrons. The molecular formula is C11H15ClN2O4. The van der Waals surface area contributed by atoms with Crippen molar-refractivity contribution in [1.82, 2.24) is 0 Å². The summed E-state index contributed by atoms with van der Waals surface area (Å²) in [6, 6.07) is 2.79. The molecule has 0 aliphatic heterocycles. The number of rotatable bonds is 5. The summed E-state index contributed by atoms with van der Waals surface area (Å²) in [5.41, 5.74) is -0.200. The molecule has 7 heteroatoms. The number of hydrogen-bond acceptors (Lipinski definition) is 5. The van der Waals surface area contributed by atoms with Gasteiger partial charge in [-0.15, -0.1) is 0 Å². The Balaban J connectivity index is 2.92. The second-order valence-corrected chi connectivity index (χ2v) is 4.79. The number of nitro groups is 1. The van der Waals surface area contributed by atoms with Crippen LogP contribution < -0.4 is 5.32 Å². The quantitative estimate of drug-likeness (QED) is 0.561. The van der Waals surface area contributed by atoms with Crippen molar-refractivity contribution in [3.05, 3.63) is 32.8 Å². The Bertz CT molecular complexity index is 463. The maximum atomic E-state index is 10.7. The van der Waals surface area contributed by atoms with Gasteiger partial charge >= 0.3 is 0 Å². The Labute approximate surface area is 109 Å². The van der Waals surface area contributed by atoms with Gasteiger partial charge in [0.2, 0.25) is 0 Å². The first-order chi connectivity index (χ1) is 8.26. The molecule has 0 fully saturated rings. The van der Waals surface area contributed by atoms with Gasteiger partial charge < -0.3 is 15.5 Å². The number of nitro benzene ring substituents is 1. The van der Waals surface area contributed by atoms with E-state index in [4.69, 9.17) is 16.7 Å². The SMILES string of the molecule is Cc1cc([N+](=O)[O-])c(Cl)cc1NCC(C)(O)CO. The van der Waals surface area contributed by atoms with Crippen LogP contribution in [0.2, 0.25) is 5.02 Å². The number of aliphatic hydroxyl groups is 2. The van der Waals surface area contributed by atoms with Crippen molar-refractivity contribution < 1.29 is 15.1 Å². The van der Waals surface area contributed by atoms with Gasteiger partial charge in [0.05, 0.1) is 11.5 Å². The van der Waals surface area contributed by atoms with Crippen LogP contribution in [0.1, 0.15) is 12.5 Å². The van der Waals surface area contributed by atoms with Gasteiger partial charge in [-0.1, -0.05) is 11.6 Å². The fourth-order valence-electron chi connectivity index (χ4n) is 1.34. The minimum Gasteiger partial charge on any atom is -0.393 e. The molecule has 1 atom stereocenters. The maximum absolute atomic E-state index is 10.7. The molecule has 100 valence electrons. The summed E-state index contributed by atoms with van der Waals surface area (Å²) in [6.07, 6.45) is 0. The summed E-state index contributed by atoms with van der Waals surface area (Å²) in [7, 11) is 0. The van der Waals surface area contributed by atoms with Crippen molar-refractivity contribution in [3.63, 3.8) is 0 Å².